The minimum absolute atomic E-state index is 0.306. The summed E-state index contributed by atoms with van der Waals surface area (Å²) < 4.78 is 5.15. The zero-order chi connectivity index (χ0) is 17.2. The fourth-order valence-corrected chi connectivity index (χ4v) is 4.32. The third-order valence-electron chi connectivity index (χ3n) is 5.52. The van der Waals surface area contributed by atoms with E-state index in [0.717, 1.165) is 55.7 Å². The van der Waals surface area contributed by atoms with Gasteiger partial charge in [0, 0.05) is 52.0 Å². The van der Waals surface area contributed by atoms with Crippen molar-refractivity contribution in [3.05, 3.63) is 18.6 Å². The standard InChI is InChI=1S/C18H25N5O2/c1-25-10-2-8-23-15-6-9-22(11-13(15)3-4-16(23)24)18-14-5-7-19-17(14)20-12-21-18/h5,7,12-13,15H,2-4,6,8-11H2,1H3,(H,19,20,21)/t13-,15+/m0/s1. The number of hydrogen-bond acceptors (Lipinski definition) is 5. The topological polar surface area (TPSA) is 74.3 Å². The van der Waals surface area contributed by atoms with E-state index in [-0.39, 0.29) is 0 Å². The van der Waals surface area contributed by atoms with E-state index in [1.807, 2.05) is 12.3 Å². The van der Waals surface area contributed by atoms with Crippen molar-refractivity contribution in [1.29, 1.82) is 0 Å². The van der Waals surface area contributed by atoms with Crippen LogP contribution in [0.5, 0.6) is 0 Å². The normalized spacial score (nSPS) is 24.0. The van der Waals surface area contributed by atoms with Crippen LogP contribution in [0, 0.1) is 5.92 Å². The molecular weight excluding hydrogens is 318 g/mol. The Morgan fingerprint density at radius 2 is 2.28 bits per heavy atom. The lowest BCUT2D eigenvalue weighted by Crippen LogP contribution is -2.56. The monoisotopic (exact) mass is 343 g/mol. The molecule has 0 bridgehead atoms. The molecular formula is C18H25N5O2. The molecule has 2 atom stereocenters. The number of piperidine rings is 2. The smallest absolute Gasteiger partial charge is 0.222 e. The molecule has 2 fully saturated rings. The van der Waals surface area contributed by atoms with Gasteiger partial charge < -0.3 is 19.5 Å². The van der Waals surface area contributed by atoms with Gasteiger partial charge in [-0.05, 0) is 31.2 Å². The Labute approximate surface area is 147 Å². The van der Waals surface area contributed by atoms with Gasteiger partial charge in [0.1, 0.15) is 17.8 Å². The summed E-state index contributed by atoms with van der Waals surface area (Å²) in [4.78, 5) is 28.8. The quantitative estimate of drug-likeness (QED) is 0.838. The number of amides is 1. The summed E-state index contributed by atoms with van der Waals surface area (Å²) in [5.41, 5.74) is 0.882. The highest BCUT2D eigenvalue weighted by molar-refractivity contribution is 5.87. The van der Waals surface area contributed by atoms with Gasteiger partial charge in [-0.2, -0.15) is 0 Å². The highest BCUT2D eigenvalue weighted by atomic mass is 16.5. The van der Waals surface area contributed by atoms with Crippen LogP contribution in [0.1, 0.15) is 25.7 Å². The van der Waals surface area contributed by atoms with Gasteiger partial charge in [-0.3, -0.25) is 4.79 Å². The summed E-state index contributed by atoms with van der Waals surface area (Å²) in [5.74, 6) is 1.83. The Hall–Kier alpha value is -2.15. The minimum atomic E-state index is 0.306. The van der Waals surface area contributed by atoms with E-state index in [1.165, 1.54) is 0 Å². The Balaban J connectivity index is 1.50. The molecule has 0 spiro atoms. The molecule has 0 aromatic carbocycles. The molecule has 0 unspecified atom stereocenters. The van der Waals surface area contributed by atoms with Crippen molar-refractivity contribution in [2.75, 3.05) is 38.3 Å². The number of likely N-dealkylation sites (tertiary alicyclic amines) is 1. The largest absolute Gasteiger partial charge is 0.385 e. The fraction of sp³-hybridized carbons (Fsp3) is 0.611. The fourth-order valence-electron chi connectivity index (χ4n) is 4.32. The summed E-state index contributed by atoms with van der Waals surface area (Å²) in [6, 6.07) is 2.40. The number of carbonyl (C=O) groups is 1. The Bertz CT molecular complexity index is 746. The van der Waals surface area contributed by atoms with Crippen molar-refractivity contribution in [2.45, 2.75) is 31.7 Å². The molecule has 1 N–H and O–H groups in total. The van der Waals surface area contributed by atoms with Crippen molar-refractivity contribution in [3.8, 4) is 0 Å². The minimum Gasteiger partial charge on any atom is -0.385 e. The maximum atomic E-state index is 12.4. The summed E-state index contributed by atoms with van der Waals surface area (Å²) in [6.07, 6.45) is 7.08. The second-order valence-electron chi connectivity index (χ2n) is 6.97. The highest BCUT2D eigenvalue weighted by Crippen LogP contribution is 2.34. The Morgan fingerprint density at radius 1 is 1.36 bits per heavy atom. The number of rotatable bonds is 5. The number of nitrogens with one attached hydrogen (secondary N) is 1. The van der Waals surface area contributed by atoms with Crippen molar-refractivity contribution in [2.24, 2.45) is 5.92 Å². The number of carbonyl (C=O) groups excluding carboxylic acids is 1. The second-order valence-corrected chi connectivity index (χ2v) is 6.97. The molecule has 7 heteroatoms. The van der Waals surface area contributed by atoms with Crippen LogP contribution < -0.4 is 4.90 Å². The van der Waals surface area contributed by atoms with Crippen molar-refractivity contribution < 1.29 is 9.53 Å². The van der Waals surface area contributed by atoms with Gasteiger partial charge >= 0.3 is 0 Å². The number of aromatic nitrogens is 3. The van der Waals surface area contributed by atoms with Gasteiger partial charge in [0.15, 0.2) is 0 Å². The molecule has 134 valence electrons. The van der Waals surface area contributed by atoms with E-state index in [9.17, 15) is 4.79 Å². The van der Waals surface area contributed by atoms with Crippen LogP contribution in [0.3, 0.4) is 0 Å². The van der Waals surface area contributed by atoms with Crippen LogP contribution in [0.2, 0.25) is 0 Å². The summed E-state index contributed by atoms with van der Waals surface area (Å²) >= 11 is 0. The predicted octanol–water partition coefficient (Wildman–Crippen LogP) is 1.81. The summed E-state index contributed by atoms with van der Waals surface area (Å²) in [5, 5.41) is 1.07. The molecule has 0 radical (unpaired) electrons. The second kappa shape index (κ2) is 7.00. The zero-order valence-electron chi connectivity index (χ0n) is 14.6. The highest BCUT2D eigenvalue weighted by Gasteiger charge is 2.39. The first-order chi connectivity index (χ1) is 12.3. The number of nitrogens with zero attached hydrogens (tertiary/aromatic N) is 4. The maximum absolute atomic E-state index is 12.4. The molecule has 2 aromatic heterocycles. The van der Waals surface area contributed by atoms with E-state index in [0.29, 0.717) is 30.9 Å². The molecule has 2 aromatic rings. The SMILES string of the molecule is COCCCN1C(=O)CC[C@H]2CN(c3ncnc4[nH]ccc34)CC[C@H]21. The first kappa shape index (κ1) is 16.3. The number of H-pyrrole nitrogens is 1. The van der Waals surface area contributed by atoms with Gasteiger partial charge in [0.2, 0.25) is 5.91 Å². The van der Waals surface area contributed by atoms with E-state index in [4.69, 9.17) is 4.74 Å². The van der Waals surface area contributed by atoms with E-state index < -0.39 is 0 Å². The van der Waals surface area contributed by atoms with Crippen molar-refractivity contribution in [1.82, 2.24) is 19.9 Å². The molecule has 2 aliphatic rings. The van der Waals surface area contributed by atoms with Crippen LogP contribution in [0.15, 0.2) is 18.6 Å². The molecule has 4 rings (SSSR count). The van der Waals surface area contributed by atoms with Gasteiger partial charge in [-0.15, -0.1) is 0 Å². The third-order valence-corrected chi connectivity index (χ3v) is 5.52. The lowest BCUT2D eigenvalue weighted by molar-refractivity contribution is -0.139. The van der Waals surface area contributed by atoms with Crippen LogP contribution in [-0.4, -0.2) is 65.2 Å². The average Bonchev–Trinajstić information content (AvgIpc) is 3.12. The van der Waals surface area contributed by atoms with Gasteiger partial charge in [0.05, 0.1) is 5.39 Å². The Kier molecular flexibility index (Phi) is 4.57. The van der Waals surface area contributed by atoms with Crippen LogP contribution in [0.4, 0.5) is 5.82 Å². The number of aromatic amines is 1. The average molecular weight is 343 g/mol. The molecule has 2 saturated heterocycles. The third kappa shape index (κ3) is 3.08. The first-order valence-electron chi connectivity index (χ1n) is 9.09. The van der Waals surface area contributed by atoms with Gasteiger partial charge in [-0.1, -0.05) is 0 Å². The van der Waals surface area contributed by atoms with E-state index >= 15 is 0 Å². The lowest BCUT2D eigenvalue weighted by Gasteiger charge is -2.47. The van der Waals surface area contributed by atoms with Crippen molar-refractivity contribution in [3.63, 3.8) is 0 Å². The summed E-state index contributed by atoms with van der Waals surface area (Å²) in [7, 11) is 1.71. The van der Waals surface area contributed by atoms with Crippen LogP contribution >= 0.6 is 0 Å². The Morgan fingerprint density at radius 3 is 3.16 bits per heavy atom. The molecule has 7 nitrogen and oxygen atoms in total. The molecule has 0 saturated carbocycles. The zero-order valence-corrected chi connectivity index (χ0v) is 14.6. The van der Waals surface area contributed by atoms with Crippen molar-refractivity contribution >= 4 is 22.8 Å². The molecule has 2 aliphatic heterocycles. The van der Waals surface area contributed by atoms with Crippen LogP contribution in [0.25, 0.3) is 11.0 Å². The van der Waals surface area contributed by atoms with E-state index in [2.05, 4.69) is 24.8 Å². The number of ether oxygens (including phenoxy) is 1. The van der Waals surface area contributed by atoms with Crippen LogP contribution in [-0.2, 0) is 9.53 Å². The number of hydrogen-bond donors (Lipinski definition) is 1. The molecule has 0 aliphatic carbocycles. The number of fused-ring (bicyclic) bond motifs is 2. The number of anilines is 1. The maximum Gasteiger partial charge on any atom is 0.222 e. The predicted molar refractivity (Wildman–Crippen MR) is 95.4 cm³/mol. The molecule has 25 heavy (non-hydrogen) atoms. The van der Waals surface area contributed by atoms with Gasteiger partial charge in [-0.25, -0.2) is 9.97 Å². The first-order valence-corrected chi connectivity index (χ1v) is 9.09. The molecule has 4 heterocycles. The lowest BCUT2D eigenvalue weighted by atomic mass is 9.83. The van der Waals surface area contributed by atoms with Gasteiger partial charge in [0.25, 0.3) is 0 Å². The summed E-state index contributed by atoms with van der Waals surface area (Å²) in [6.45, 7) is 3.39. The number of methoxy groups -OCH3 is 1. The molecule has 1 amide bonds. The van der Waals surface area contributed by atoms with E-state index in [1.54, 1.807) is 13.4 Å².